The first-order valence-corrected chi connectivity index (χ1v) is 9.31. The Labute approximate surface area is 148 Å². The van der Waals surface area contributed by atoms with Crippen LogP contribution in [0.3, 0.4) is 0 Å². The van der Waals surface area contributed by atoms with Gasteiger partial charge >= 0.3 is 0 Å². The third-order valence-corrected chi connectivity index (χ3v) is 5.65. The first kappa shape index (κ1) is 17.3. The number of rotatable bonds is 7. The molecule has 0 amide bonds. The summed E-state index contributed by atoms with van der Waals surface area (Å²) in [7, 11) is 3.33. The molecule has 1 aromatic carbocycles. The molecular formula is C19H26N2O2S. The Bertz CT molecular complexity index is 671. The van der Waals surface area contributed by atoms with E-state index in [2.05, 4.69) is 22.4 Å². The largest absolute Gasteiger partial charge is 0.493 e. The number of hydrogen-bond acceptors (Lipinski definition) is 5. The fraction of sp³-hybridized carbons (Fsp3) is 0.474. The van der Waals surface area contributed by atoms with Gasteiger partial charge in [0.1, 0.15) is 0 Å². The van der Waals surface area contributed by atoms with Gasteiger partial charge in [0.15, 0.2) is 11.5 Å². The number of hydrogen-bond donors (Lipinski definition) is 1. The Morgan fingerprint density at radius 1 is 1.21 bits per heavy atom. The minimum absolute atomic E-state index is 0.193. The summed E-state index contributed by atoms with van der Waals surface area (Å²) in [6.07, 6.45) is 3.09. The number of thiophene rings is 1. The van der Waals surface area contributed by atoms with Crippen molar-refractivity contribution in [3.63, 3.8) is 0 Å². The summed E-state index contributed by atoms with van der Waals surface area (Å²) < 4.78 is 10.7. The van der Waals surface area contributed by atoms with Crippen molar-refractivity contribution in [3.05, 3.63) is 45.6 Å². The summed E-state index contributed by atoms with van der Waals surface area (Å²) in [5, 5.41) is 2.20. The zero-order chi connectivity index (χ0) is 16.9. The molecule has 1 aliphatic rings. The molecule has 0 spiro atoms. The van der Waals surface area contributed by atoms with Crippen LogP contribution in [-0.4, -0.2) is 38.3 Å². The highest BCUT2D eigenvalue weighted by Gasteiger charge is 2.19. The predicted octanol–water partition coefficient (Wildman–Crippen LogP) is 3.08. The van der Waals surface area contributed by atoms with E-state index >= 15 is 0 Å². The maximum Gasteiger partial charge on any atom is 0.160 e. The Balaban J connectivity index is 1.50. The van der Waals surface area contributed by atoms with Gasteiger partial charge in [-0.25, -0.2) is 0 Å². The van der Waals surface area contributed by atoms with Gasteiger partial charge in [-0.05, 0) is 54.0 Å². The molecule has 0 bridgehead atoms. The van der Waals surface area contributed by atoms with Gasteiger partial charge in [0, 0.05) is 30.6 Å². The zero-order valence-electron chi connectivity index (χ0n) is 14.5. The lowest BCUT2D eigenvalue weighted by Gasteiger charge is -2.29. The molecule has 4 nitrogen and oxygen atoms in total. The van der Waals surface area contributed by atoms with Crippen LogP contribution in [0.15, 0.2) is 29.6 Å². The third kappa shape index (κ3) is 4.09. The smallest absolute Gasteiger partial charge is 0.160 e. The van der Waals surface area contributed by atoms with E-state index in [-0.39, 0.29) is 6.04 Å². The van der Waals surface area contributed by atoms with Crippen LogP contribution >= 0.6 is 11.3 Å². The number of nitrogens with zero attached hydrogens (tertiary/aromatic N) is 1. The predicted molar refractivity (Wildman–Crippen MR) is 99.1 cm³/mol. The molecule has 5 heteroatoms. The molecule has 2 heterocycles. The molecule has 1 aromatic heterocycles. The number of benzene rings is 1. The standard InChI is InChI=1S/C19H26N2O2S/c1-22-17-6-4-14(11-18(17)23-2)3-5-16(20)13-21-9-7-19-15(12-21)8-10-24-19/h4,6,8,10-11,16H,3,5,7,9,12-13,20H2,1-2H3. The molecule has 0 fully saturated rings. The number of aryl methyl sites for hydroxylation is 1. The van der Waals surface area contributed by atoms with Gasteiger partial charge < -0.3 is 15.2 Å². The fourth-order valence-corrected chi connectivity index (χ4v) is 4.16. The lowest BCUT2D eigenvalue weighted by atomic mass is 10.0. The van der Waals surface area contributed by atoms with E-state index in [0.29, 0.717) is 0 Å². The molecule has 1 unspecified atom stereocenters. The van der Waals surface area contributed by atoms with Gasteiger partial charge in [0.05, 0.1) is 14.2 Å². The van der Waals surface area contributed by atoms with Crippen molar-refractivity contribution in [1.29, 1.82) is 0 Å². The van der Waals surface area contributed by atoms with E-state index in [9.17, 15) is 0 Å². The molecule has 2 N–H and O–H groups in total. The summed E-state index contributed by atoms with van der Waals surface area (Å²) in [6.45, 7) is 3.13. The monoisotopic (exact) mass is 346 g/mol. The van der Waals surface area contributed by atoms with Crippen molar-refractivity contribution in [3.8, 4) is 11.5 Å². The average molecular weight is 346 g/mol. The highest BCUT2D eigenvalue weighted by atomic mass is 32.1. The highest BCUT2D eigenvalue weighted by molar-refractivity contribution is 7.10. The van der Waals surface area contributed by atoms with Crippen LogP contribution < -0.4 is 15.2 Å². The van der Waals surface area contributed by atoms with Crippen molar-refractivity contribution >= 4 is 11.3 Å². The maximum absolute atomic E-state index is 6.38. The third-order valence-electron chi connectivity index (χ3n) is 4.63. The minimum atomic E-state index is 0.193. The zero-order valence-corrected chi connectivity index (χ0v) is 15.3. The first-order chi connectivity index (χ1) is 11.7. The molecule has 0 saturated carbocycles. The average Bonchev–Trinajstić information content (AvgIpc) is 3.07. The van der Waals surface area contributed by atoms with E-state index in [4.69, 9.17) is 15.2 Å². The maximum atomic E-state index is 6.38. The van der Waals surface area contributed by atoms with E-state index < -0.39 is 0 Å². The van der Waals surface area contributed by atoms with Gasteiger partial charge in [-0.2, -0.15) is 0 Å². The number of nitrogens with two attached hydrogens (primary N) is 1. The van der Waals surface area contributed by atoms with Crippen LogP contribution in [0, 0.1) is 0 Å². The highest BCUT2D eigenvalue weighted by Crippen LogP contribution is 2.28. The summed E-state index contributed by atoms with van der Waals surface area (Å²) in [6, 6.07) is 8.54. The van der Waals surface area contributed by atoms with Crippen LogP contribution in [0.5, 0.6) is 11.5 Å². The second-order valence-electron chi connectivity index (χ2n) is 6.34. The van der Waals surface area contributed by atoms with Gasteiger partial charge in [-0.15, -0.1) is 11.3 Å². The van der Waals surface area contributed by atoms with Crippen molar-refractivity contribution < 1.29 is 9.47 Å². The lowest BCUT2D eigenvalue weighted by molar-refractivity contribution is 0.236. The van der Waals surface area contributed by atoms with Crippen LogP contribution in [0.1, 0.15) is 22.4 Å². The van der Waals surface area contributed by atoms with Crippen molar-refractivity contribution in [2.45, 2.75) is 31.8 Å². The molecule has 1 atom stereocenters. The summed E-state index contributed by atoms with van der Waals surface area (Å²) in [4.78, 5) is 4.03. The molecule has 3 rings (SSSR count). The number of ether oxygens (including phenoxy) is 2. The summed E-state index contributed by atoms with van der Waals surface area (Å²) in [5.41, 5.74) is 9.10. The van der Waals surface area contributed by atoms with Crippen molar-refractivity contribution in [1.82, 2.24) is 4.90 Å². The fourth-order valence-electron chi connectivity index (χ4n) is 3.27. The van der Waals surface area contributed by atoms with Crippen molar-refractivity contribution in [2.75, 3.05) is 27.3 Å². The summed E-state index contributed by atoms with van der Waals surface area (Å²) in [5.74, 6) is 1.55. The van der Waals surface area contributed by atoms with Gasteiger partial charge in [-0.1, -0.05) is 6.07 Å². The second-order valence-corrected chi connectivity index (χ2v) is 7.34. The van der Waals surface area contributed by atoms with Crippen LogP contribution in [0.4, 0.5) is 0 Å². The Hall–Kier alpha value is -1.56. The number of fused-ring (bicyclic) bond motifs is 1. The quantitative estimate of drug-likeness (QED) is 0.837. The van der Waals surface area contributed by atoms with Crippen molar-refractivity contribution in [2.24, 2.45) is 5.73 Å². The minimum Gasteiger partial charge on any atom is -0.493 e. The normalized spacial score (nSPS) is 15.8. The van der Waals surface area contributed by atoms with E-state index in [1.807, 2.05) is 23.5 Å². The van der Waals surface area contributed by atoms with E-state index in [1.165, 1.54) is 11.1 Å². The molecule has 2 aromatic rings. The molecule has 24 heavy (non-hydrogen) atoms. The first-order valence-electron chi connectivity index (χ1n) is 8.43. The van der Waals surface area contributed by atoms with E-state index in [1.54, 1.807) is 19.1 Å². The van der Waals surface area contributed by atoms with E-state index in [0.717, 1.165) is 50.4 Å². The van der Waals surface area contributed by atoms with Crippen LogP contribution in [0.2, 0.25) is 0 Å². The molecule has 0 saturated heterocycles. The van der Waals surface area contributed by atoms with Gasteiger partial charge in [0.2, 0.25) is 0 Å². The summed E-state index contributed by atoms with van der Waals surface area (Å²) >= 11 is 1.88. The molecule has 130 valence electrons. The number of methoxy groups -OCH3 is 2. The van der Waals surface area contributed by atoms with Crippen LogP contribution in [0.25, 0.3) is 0 Å². The Kier molecular flexibility index (Phi) is 5.76. The molecule has 1 aliphatic heterocycles. The topological polar surface area (TPSA) is 47.7 Å². The Morgan fingerprint density at radius 2 is 2.04 bits per heavy atom. The SMILES string of the molecule is COc1ccc(CCC(N)CN2CCc3sccc3C2)cc1OC. The van der Waals surface area contributed by atoms with Crippen LogP contribution in [-0.2, 0) is 19.4 Å². The lowest BCUT2D eigenvalue weighted by Crippen LogP contribution is -2.40. The Morgan fingerprint density at radius 3 is 2.83 bits per heavy atom. The molecule has 0 radical (unpaired) electrons. The molecule has 0 aliphatic carbocycles. The molecular weight excluding hydrogens is 320 g/mol. The van der Waals surface area contributed by atoms with Gasteiger partial charge in [0.25, 0.3) is 0 Å². The second kappa shape index (κ2) is 8.01. The van der Waals surface area contributed by atoms with Gasteiger partial charge in [-0.3, -0.25) is 4.90 Å².